The molecule has 0 N–H and O–H groups in total. The Morgan fingerprint density at radius 2 is 1.91 bits per heavy atom. The standard InChI is InChI=1S/C17H20O5S/c1-16(2)20-13-14(21-16)17(22-15(13)19-3)11(18)9-12(17)23-10-7-5-4-6-8-10/h4-8,12-15H,9H2,1-3H3/t12?,13?,14-,15?,17+/m1/s1. The lowest BCUT2D eigenvalue weighted by Crippen LogP contribution is -2.65. The highest BCUT2D eigenvalue weighted by Crippen LogP contribution is 2.55. The Morgan fingerprint density at radius 3 is 2.57 bits per heavy atom. The van der Waals surface area contributed by atoms with Crippen LogP contribution in [0.5, 0.6) is 0 Å². The van der Waals surface area contributed by atoms with E-state index in [1.54, 1.807) is 18.9 Å². The Morgan fingerprint density at radius 1 is 1.17 bits per heavy atom. The normalized spacial score (nSPS) is 41.1. The zero-order valence-corrected chi connectivity index (χ0v) is 14.2. The minimum Gasteiger partial charge on any atom is -0.353 e. The van der Waals surface area contributed by atoms with Crippen LogP contribution >= 0.6 is 11.8 Å². The Kier molecular flexibility index (Phi) is 3.59. The van der Waals surface area contributed by atoms with Crippen LogP contribution in [0, 0.1) is 0 Å². The van der Waals surface area contributed by atoms with Gasteiger partial charge in [-0.05, 0) is 26.0 Å². The number of carbonyl (C=O) groups is 1. The predicted molar refractivity (Wildman–Crippen MR) is 84.1 cm³/mol. The van der Waals surface area contributed by atoms with E-state index in [0.717, 1.165) is 4.90 Å². The summed E-state index contributed by atoms with van der Waals surface area (Å²) >= 11 is 1.65. The molecule has 1 aliphatic carbocycles. The predicted octanol–water partition coefficient (Wildman–Crippen LogP) is 2.38. The lowest BCUT2D eigenvalue weighted by Gasteiger charge is -2.46. The molecule has 0 aromatic heterocycles. The van der Waals surface area contributed by atoms with Crippen molar-refractivity contribution < 1.29 is 23.7 Å². The highest BCUT2D eigenvalue weighted by Gasteiger charge is 2.73. The number of Topliss-reactive ketones (excluding diaryl/α,β-unsaturated/α-hetero) is 1. The third kappa shape index (κ3) is 2.27. The fourth-order valence-electron chi connectivity index (χ4n) is 3.63. The Hall–Kier alpha value is -0.920. The van der Waals surface area contributed by atoms with E-state index in [4.69, 9.17) is 18.9 Å². The highest BCUT2D eigenvalue weighted by molar-refractivity contribution is 8.00. The first-order chi connectivity index (χ1) is 11.0. The number of ketones is 1. The Labute approximate surface area is 139 Å². The van der Waals surface area contributed by atoms with Crippen LogP contribution in [0.1, 0.15) is 20.3 Å². The molecule has 1 aromatic carbocycles. The van der Waals surface area contributed by atoms with Crippen LogP contribution < -0.4 is 0 Å². The molecule has 5 nitrogen and oxygen atoms in total. The van der Waals surface area contributed by atoms with Crippen molar-refractivity contribution in [2.45, 2.75) is 60.3 Å². The Bertz CT molecular complexity index is 619. The van der Waals surface area contributed by atoms with E-state index in [9.17, 15) is 4.79 Å². The second-order valence-electron chi connectivity index (χ2n) is 6.58. The lowest BCUT2D eigenvalue weighted by molar-refractivity contribution is -0.253. The van der Waals surface area contributed by atoms with Crippen molar-refractivity contribution in [3.05, 3.63) is 30.3 Å². The van der Waals surface area contributed by atoms with Crippen LogP contribution in [0.15, 0.2) is 35.2 Å². The maximum Gasteiger partial charge on any atom is 0.187 e. The van der Waals surface area contributed by atoms with E-state index < -0.39 is 23.8 Å². The van der Waals surface area contributed by atoms with Gasteiger partial charge in [0.2, 0.25) is 0 Å². The van der Waals surface area contributed by atoms with Gasteiger partial charge in [0.25, 0.3) is 0 Å². The summed E-state index contributed by atoms with van der Waals surface area (Å²) in [5, 5.41) is 0.00236. The molecule has 0 amide bonds. The van der Waals surface area contributed by atoms with Crippen molar-refractivity contribution in [3.8, 4) is 0 Å². The number of methoxy groups -OCH3 is 1. The van der Waals surface area contributed by atoms with Crippen molar-refractivity contribution in [1.29, 1.82) is 0 Å². The van der Waals surface area contributed by atoms with Crippen molar-refractivity contribution in [2.24, 2.45) is 0 Å². The molecule has 0 radical (unpaired) electrons. The smallest absolute Gasteiger partial charge is 0.187 e. The van der Waals surface area contributed by atoms with E-state index >= 15 is 0 Å². The number of thioether (sulfide) groups is 1. The van der Waals surface area contributed by atoms with E-state index in [1.807, 2.05) is 44.2 Å². The molecule has 3 aliphatic rings. The summed E-state index contributed by atoms with van der Waals surface area (Å²) in [6, 6.07) is 10.0. The number of hydrogen-bond donors (Lipinski definition) is 0. The van der Waals surface area contributed by atoms with Crippen molar-refractivity contribution >= 4 is 17.5 Å². The summed E-state index contributed by atoms with van der Waals surface area (Å²) in [6.07, 6.45) is -0.906. The lowest BCUT2D eigenvalue weighted by atomic mass is 9.73. The topological polar surface area (TPSA) is 54.0 Å². The van der Waals surface area contributed by atoms with Crippen molar-refractivity contribution in [1.82, 2.24) is 0 Å². The van der Waals surface area contributed by atoms with Gasteiger partial charge in [-0.25, -0.2) is 0 Å². The molecule has 124 valence electrons. The average molecular weight is 336 g/mol. The number of hydrogen-bond acceptors (Lipinski definition) is 6. The molecule has 1 spiro atoms. The molecule has 6 heteroatoms. The summed E-state index contributed by atoms with van der Waals surface area (Å²) < 4.78 is 23.4. The zero-order valence-electron chi connectivity index (χ0n) is 13.4. The van der Waals surface area contributed by atoms with Crippen LogP contribution in [0.4, 0.5) is 0 Å². The molecule has 1 saturated carbocycles. The summed E-state index contributed by atoms with van der Waals surface area (Å²) in [5.74, 6) is -0.664. The first-order valence-electron chi connectivity index (χ1n) is 7.77. The molecular formula is C17H20O5S. The van der Waals surface area contributed by atoms with E-state index in [1.165, 1.54) is 0 Å². The van der Waals surface area contributed by atoms with Gasteiger partial charge in [-0.1, -0.05) is 18.2 Å². The quantitative estimate of drug-likeness (QED) is 0.845. The molecule has 2 saturated heterocycles. The fraction of sp³-hybridized carbons (Fsp3) is 0.588. The molecule has 3 fully saturated rings. The summed E-state index contributed by atoms with van der Waals surface area (Å²) in [6.45, 7) is 3.71. The largest absolute Gasteiger partial charge is 0.353 e. The van der Waals surface area contributed by atoms with Gasteiger partial charge in [0.15, 0.2) is 23.5 Å². The molecule has 5 atom stereocenters. The SMILES string of the molecule is COC1O[C@]2(C(=O)CC2Sc2ccccc2)[C@@H]2OC(C)(C)OC12. The van der Waals surface area contributed by atoms with Crippen LogP contribution in [0.2, 0.25) is 0 Å². The summed E-state index contributed by atoms with van der Waals surface area (Å²) in [4.78, 5) is 13.7. The molecule has 4 rings (SSSR count). The van der Waals surface area contributed by atoms with Crippen LogP contribution in [-0.2, 0) is 23.7 Å². The van der Waals surface area contributed by atoms with Crippen molar-refractivity contribution in [2.75, 3.05) is 7.11 Å². The molecule has 3 unspecified atom stereocenters. The van der Waals surface area contributed by atoms with Crippen molar-refractivity contribution in [3.63, 3.8) is 0 Å². The average Bonchev–Trinajstić information content (AvgIpc) is 3.00. The molecule has 2 heterocycles. The number of rotatable bonds is 3. The molecule has 23 heavy (non-hydrogen) atoms. The maximum absolute atomic E-state index is 12.5. The first kappa shape index (κ1) is 15.6. The van der Waals surface area contributed by atoms with Crippen LogP contribution in [0.3, 0.4) is 0 Å². The number of carbonyl (C=O) groups excluding carboxylic acids is 1. The van der Waals surface area contributed by atoms with Crippen LogP contribution in [-0.4, -0.2) is 48.0 Å². The second kappa shape index (κ2) is 5.29. The van der Waals surface area contributed by atoms with E-state index in [0.29, 0.717) is 6.42 Å². The zero-order chi connectivity index (χ0) is 16.2. The summed E-state index contributed by atoms with van der Waals surface area (Å²) in [7, 11) is 1.57. The van der Waals surface area contributed by atoms with Gasteiger partial charge in [-0.3, -0.25) is 4.79 Å². The van der Waals surface area contributed by atoms with Gasteiger partial charge in [-0.2, -0.15) is 0 Å². The molecule has 2 aliphatic heterocycles. The maximum atomic E-state index is 12.5. The molecular weight excluding hydrogens is 316 g/mol. The Balaban J connectivity index is 1.64. The monoisotopic (exact) mass is 336 g/mol. The molecule has 1 aromatic rings. The van der Waals surface area contributed by atoms with E-state index in [2.05, 4.69) is 0 Å². The van der Waals surface area contributed by atoms with E-state index in [-0.39, 0.29) is 17.1 Å². The van der Waals surface area contributed by atoms with Gasteiger partial charge < -0.3 is 18.9 Å². The van der Waals surface area contributed by atoms with Gasteiger partial charge in [0.05, 0.1) is 5.25 Å². The third-order valence-electron chi connectivity index (χ3n) is 4.67. The highest BCUT2D eigenvalue weighted by atomic mass is 32.2. The summed E-state index contributed by atoms with van der Waals surface area (Å²) in [5.41, 5.74) is -0.973. The van der Waals surface area contributed by atoms with Gasteiger partial charge in [0, 0.05) is 18.4 Å². The van der Waals surface area contributed by atoms with Gasteiger partial charge in [0.1, 0.15) is 12.2 Å². The second-order valence-corrected chi connectivity index (χ2v) is 7.86. The number of ether oxygens (including phenoxy) is 4. The molecule has 0 bridgehead atoms. The fourth-order valence-corrected chi connectivity index (χ4v) is 5.01. The van der Waals surface area contributed by atoms with Crippen LogP contribution in [0.25, 0.3) is 0 Å². The third-order valence-corrected chi connectivity index (χ3v) is 6.02. The van der Waals surface area contributed by atoms with Gasteiger partial charge >= 0.3 is 0 Å². The number of benzene rings is 1. The van der Waals surface area contributed by atoms with Gasteiger partial charge in [-0.15, -0.1) is 11.8 Å². The minimum absolute atomic E-state index is 0.00236. The first-order valence-corrected chi connectivity index (χ1v) is 8.65. The minimum atomic E-state index is -0.973. The number of fused-ring (bicyclic) bond motifs is 2.